The second-order valence-corrected chi connectivity index (χ2v) is 5.15. The second-order valence-electron chi connectivity index (χ2n) is 3.49. The van der Waals surface area contributed by atoms with Crippen LogP contribution in [0.4, 0.5) is 0 Å². The van der Waals surface area contributed by atoms with E-state index in [2.05, 4.69) is 0 Å². The van der Waals surface area contributed by atoms with Crippen LogP contribution in [0.15, 0.2) is 6.07 Å². The standard InChI is InChI=1S/C10H14ClNOS/c1-7-8(11)6-10(14-7)9(13)4-5-12(2)3/h6H,4-5H2,1-3H3. The van der Waals surface area contributed by atoms with E-state index < -0.39 is 0 Å². The first-order chi connectivity index (χ1) is 6.50. The third kappa shape index (κ3) is 3.08. The summed E-state index contributed by atoms with van der Waals surface area (Å²) < 4.78 is 0. The van der Waals surface area contributed by atoms with E-state index in [1.807, 2.05) is 25.9 Å². The third-order valence-corrected chi connectivity index (χ3v) is 3.51. The molecule has 0 spiro atoms. The fraction of sp³-hybridized carbons (Fsp3) is 0.500. The van der Waals surface area contributed by atoms with Crippen LogP contribution in [-0.2, 0) is 0 Å². The lowest BCUT2D eigenvalue weighted by molar-refractivity contribution is 0.0976. The Balaban J connectivity index is 2.61. The molecule has 0 unspecified atom stereocenters. The maximum Gasteiger partial charge on any atom is 0.174 e. The largest absolute Gasteiger partial charge is 0.309 e. The highest BCUT2D eigenvalue weighted by molar-refractivity contribution is 7.14. The summed E-state index contributed by atoms with van der Waals surface area (Å²) in [7, 11) is 3.92. The number of rotatable bonds is 4. The lowest BCUT2D eigenvalue weighted by Crippen LogP contribution is -2.16. The molecule has 0 saturated heterocycles. The number of Topliss-reactive ketones (excluding diaryl/α,β-unsaturated/α-hetero) is 1. The molecule has 0 saturated carbocycles. The maximum absolute atomic E-state index is 11.6. The van der Waals surface area contributed by atoms with Gasteiger partial charge in [0.15, 0.2) is 5.78 Å². The molecular formula is C10H14ClNOS. The fourth-order valence-electron chi connectivity index (χ4n) is 1.05. The smallest absolute Gasteiger partial charge is 0.174 e. The topological polar surface area (TPSA) is 20.3 Å². The first kappa shape index (κ1) is 11.7. The molecule has 0 aliphatic heterocycles. The summed E-state index contributed by atoms with van der Waals surface area (Å²) in [5.74, 6) is 0.179. The summed E-state index contributed by atoms with van der Waals surface area (Å²) in [6.07, 6.45) is 0.559. The lowest BCUT2D eigenvalue weighted by Gasteiger charge is -2.06. The molecule has 1 rings (SSSR count). The molecule has 0 radical (unpaired) electrons. The van der Waals surface area contributed by atoms with Crippen LogP contribution in [0.2, 0.25) is 5.02 Å². The Morgan fingerprint density at radius 2 is 2.21 bits per heavy atom. The molecule has 14 heavy (non-hydrogen) atoms. The molecule has 0 aliphatic rings. The number of carbonyl (C=O) groups excluding carboxylic acids is 1. The van der Waals surface area contributed by atoms with Crippen LogP contribution in [0.25, 0.3) is 0 Å². The molecule has 4 heteroatoms. The molecule has 0 amide bonds. The van der Waals surface area contributed by atoms with Gasteiger partial charge in [0.05, 0.1) is 9.90 Å². The molecular weight excluding hydrogens is 218 g/mol. The van der Waals surface area contributed by atoms with Crippen molar-refractivity contribution in [3.8, 4) is 0 Å². The number of hydrogen-bond donors (Lipinski definition) is 0. The molecule has 1 heterocycles. The minimum Gasteiger partial charge on any atom is -0.309 e. The Morgan fingerprint density at radius 3 is 2.64 bits per heavy atom. The number of halogens is 1. The van der Waals surface area contributed by atoms with Crippen molar-refractivity contribution in [1.29, 1.82) is 0 Å². The predicted molar refractivity (Wildman–Crippen MR) is 61.6 cm³/mol. The second kappa shape index (κ2) is 4.91. The van der Waals surface area contributed by atoms with Crippen molar-refractivity contribution >= 4 is 28.7 Å². The molecule has 0 N–H and O–H groups in total. The van der Waals surface area contributed by atoms with Gasteiger partial charge in [0.25, 0.3) is 0 Å². The first-order valence-corrected chi connectivity index (χ1v) is 5.64. The Morgan fingerprint density at radius 1 is 1.57 bits per heavy atom. The van der Waals surface area contributed by atoms with Gasteiger partial charge in [-0.1, -0.05) is 11.6 Å². The minimum absolute atomic E-state index is 0.179. The third-order valence-electron chi connectivity index (χ3n) is 1.92. The zero-order valence-electron chi connectivity index (χ0n) is 8.63. The van der Waals surface area contributed by atoms with E-state index in [1.165, 1.54) is 11.3 Å². The molecule has 78 valence electrons. The Labute approximate surface area is 93.5 Å². The van der Waals surface area contributed by atoms with Gasteiger partial charge < -0.3 is 4.90 Å². The lowest BCUT2D eigenvalue weighted by atomic mass is 10.2. The van der Waals surface area contributed by atoms with Crippen molar-refractivity contribution in [2.24, 2.45) is 0 Å². The molecule has 0 bridgehead atoms. The highest BCUT2D eigenvalue weighted by atomic mass is 35.5. The Hall–Kier alpha value is -0.380. The molecule has 1 aromatic rings. The maximum atomic E-state index is 11.6. The van der Waals surface area contributed by atoms with Crippen molar-refractivity contribution in [1.82, 2.24) is 4.90 Å². The van der Waals surface area contributed by atoms with Crippen molar-refractivity contribution in [2.75, 3.05) is 20.6 Å². The van der Waals surface area contributed by atoms with Crippen LogP contribution in [0.3, 0.4) is 0 Å². The molecule has 0 fully saturated rings. The highest BCUT2D eigenvalue weighted by Gasteiger charge is 2.11. The molecule has 1 aromatic heterocycles. The quantitative estimate of drug-likeness (QED) is 0.743. The van der Waals surface area contributed by atoms with Gasteiger partial charge in [0.1, 0.15) is 0 Å². The van der Waals surface area contributed by atoms with E-state index in [0.717, 1.165) is 16.3 Å². The molecule has 0 aliphatic carbocycles. The average Bonchev–Trinajstić information content (AvgIpc) is 2.43. The van der Waals surface area contributed by atoms with Gasteiger partial charge in [0, 0.05) is 17.8 Å². The summed E-state index contributed by atoms with van der Waals surface area (Å²) >= 11 is 7.36. The van der Waals surface area contributed by atoms with Crippen LogP contribution in [0, 0.1) is 6.92 Å². The number of ketones is 1. The van der Waals surface area contributed by atoms with Crippen molar-refractivity contribution in [3.05, 3.63) is 20.8 Å². The Bertz CT molecular complexity index is 313. The number of thiophene rings is 1. The van der Waals surface area contributed by atoms with Crippen LogP contribution in [0.5, 0.6) is 0 Å². The zero-order valence-corrected chi connectivity index (χ0v) is 10.2. The zero-order chi connectivity index (χ0) is 10.7. The summed E-state index contributed by atoms with van der Waals surface area (Å²) in [5.41, 5.74) is 0. The summed E-state index contributed by atoms with van der Waals surface area (Å²) in [6, 6.07) is 1.76. The normalized spacial score (nSPS) is 10.9. The average molecular weight is 232 g/mol. The van der Waals surface area contributed by atoms with Gasteiger partial charge in [-0.2, -0.15) is 0 Å². The highest BCUT2D eigenvalue weighted by Crippen LogP contribution is 2.26. The summed E-state index contributed by atoms with van der Waals surface area (Å²) in [5, 5.41) is 0.697. The summed E-state index contributed by atoms with van der Waals surface area (Å²) in [6.45, 7) is 2.71. The van der Waals surface area contributed by atoms with Crippen molar-refractivity contribution < 1.29 is 4.79 Å². The van der Waals surface area contributed by atoms with Gasteiger partial charge in [-0.05, 0) is 27.1 Å². The van der Waals surface area contributed by atoms with E-state index in [1.54, 1.807) is 6.07 Å². The van der Waals surface area contributed by atoms with Gasteiger partial charge in [-0.3, -0.25) is 4.79 Å². The van der Waals surface area contributed by atoms with E-state index in [4.69, 9.17) is 11.6 Å². The van der Waals surface area contributed by atoms with E-state index in [9.17, 15) is 4.79 Å². The van der Waals surface area contributed by atoms with E-state index >= 15 is 0 Å². The van der Waals surface area contributed by atoms with E-state index in [-0.39, 0.29) is 5.78 Å². The van der Waals surface area contributed by atoms with Gasteiger partial charge >= 0.3 is 0 Å². The van der Waals surface area contributed by atoms with Crippen LogP contribution in [0.1, 0.15) is 21.0 Å². The number of nitrogens with zero attached hydrogens (tertiary/aromatic N) is 1. The van der Waals surface area contributed by atoms with Crippen LogP contribution >= 0.6 is 22.9 Å². The SMILES string of the molecule is Cc1sc(C(=O)CCN(C)C)cc1Cl. The number of carbonyl (C=O) groups is 1. The van der Waals surface area contributed by atoms with Crippen molar-refractivity contribution in [3.63, 3.8) is 0 Å². The monoisotopic (exact) mass is 231 g/mol. The molecule has 0 atom stereocenters. The van der Waals surface area contributed by atoms with Crippen LogP contribution in [-0.4, -0.2) is 31.3 Å². The molecule has 2 nitrogen and oxygen atoms in total. The number of hydrogen-bond acceptors (Lipinski definition) is 3. The Kier molecular flexibility index (Phi) is 4.11. The van der Waals surface area contributed by atoms with Crippen LogP contribution < -0.4 is 0 Å². The molecule has 0 aromatic carbocycles. The first-order valence-electron chi connectivity index (χ1n) is 4.44. The summed E-state index contributed by atoms with van der Waals surface area (Å²) in [4.78, 5) is 15.4. The minimum atomic E-state index is 0.179. The predicted octanol–water partition coefficient (Wildman–Crippen LogP) is 2.84. The van der Waals surface area contributed by atoms with Crippen molar-refractivity contribution in [2.45, 2.75) is 13.3 Å². The van der Waals surface area contributed by atoms with E-state index in [0.29, 0.717) is 11.4 Å². The van der Waals surface area contributed by atoms with Gasteiger partial charge in [0.2, 0.25) is 0 Å². The number of aryl methyl sites for hydroxylation is 1. The van der Waals surface area contributed by atoms with Gasteiger partial charge in [-0.25, -0.2) is 0 Å². The fourth-order valence-corrected chi connectivity index (χ4v) is 2.21. The van der Waals surface area contributed by atoms with Gasteiger partial charge in [-0.15, -0.1) is 11.3 Å².